The molecule has 0 bridgehead atoms. The number of anilines is 1. The summed E-state index contributed by atoms with van der Waals surface area (Å²) in [6.45, 7) is 2.98. The van der Waals surface area contributed by atoms with Crippen LogP contribution >= 0.6 is 11.8 Å². The molecule has 0 spiro atoms. The van der Waals surface area contributed by atoms with Crippen molar-refractivity contribution in [3.05, 3.63) is 47.8 Å². The minimum Gasteiger partial charge on any atom is -0.366 e. The lowest BCUT2D eigenvalue weighted by molar-refractivity contribution is 1.000. The molecule has 0 fully saturated rings. The van der Waals surface area contributed by atoms with Crippen molar-refractivity contribution in [3.8, 4) is 0 Å². The van der Waals surface area contributed by atoms with Crippen molar-refractivity contribution in [2.24, 2.45) is 0 Å². The van der Waals surface area contributed by atoms with Crippen LogP contribution in [0, 0.1) is 0 Å². The number of nitrogens with one attached hydrogen (secondary N) is 1. The molecule has 1 aromatic carbocycles. The largest absolute Gasteiger partial charge is 0.366 e. The molecule has 1 heterocycles. The van der Waals surface area contributed by atoms with Gasteiger partial charge in [-0.05, 0) is 23.8 Å². The molecular weight excluding hydrogens is 242 g/mol. The Kier molecular flexibility index (Phi) is 4.59. The third kappa shape index (κ3) is 3.23. The van der Waals surface area contributed by atoms with E-state index in [1.807, 2.05) is 12.3 Å². The predicted molar refractivity (Wildman–Crippen MR) is 77.0 cm³/mol. The second kappa shape index (κ2) is 6.40. The van der Waals surface area contributed by atoms with Gasteiger partial charge < -0.3 is 5.32 Å². The number of aromatic nitrogens is 2. The maximum absolute atomic E-state index is 4.22. The summed E-state index contributed by atoms with van der Waals surface area (Å²) < 4.78 is 0. The summed E-state index contributed by atoms with van der Waals surface area (Å²) in [7, 11) is 0. The van der Waals surface area contributed by atoms with Gasteiger partial charge in [-0.15, -0.1) is 11.8 Å². The van der Waals surface area contributed by atoms with E-state index in [1.54, 1.807) is 18.1 Å². The van der Waals surface area contributed by atoms with E-state index in [1.165, 1.54) is 11.1 Å². The Morgan fingerprint density at radius 1 is 1.17 bits per heavy atom. The molecule has 0 aliphatic rings. The third-order valence-corrected chi connectivity index (χ3v) is 3.45. The van der Waals surface area contributed by atoms with Crippen molar-refractivity contribution in [1.82, 2.24) is 9.97 Å². The maximum Gasteiger partial charge on any atom is 0.130 e. The monoisotopic (exact) mass is 259 g/mol. The Balaban J connectivity index is 2.06. The standard InChI is InChI=1S/C14H17N3S/c1-3-11-6-4-5-7-12(11)9-15-13-8-14(18-2)17-10-16-13/h4-8,10H,3,9H2,1-2H3,(H,15,16,17). The fraction of sp³-hybridized carbons (Fsp3) is 0.286. The molecular formula is C14H17N3S. The molecule has 4 heteroatoms. The Hall–Kier alpha value is -1.55. The normalized spacial score (nSPS) is 10.3. The highest BCUT2D eigenvalue weighted by molar-refractivity contribution is 7.98. The van der Waals surface area contributed by atoms with Crippen LogP contribution in [0.25, 0.3) is 0 Å². The van der Waals surface area contributed by atoms with Crippen LogP contribution < -0.4 is 5.32 Å². The molecule has 2 aromatic rings. The number of nitrogens with zero attached hydrogens (tertiary/aromatic N) is 2. The van der Waals surface area contributed by atoms with E-state index in [0.717, 1.165) is 23.8 Å². The van der Waals surface area contributed by atoms with E-state index >= 15 is 0 Å². The van der Waals surface area contributed by atoms with Crippen LogP contribution in [-0.4, -0.2) is 16.2 Å². The van der Waals surface area contributed by atoms with Crippen molar-refractivity contribution in [1.29, 1.82) is 0 Å². The second-order valence-electron chi connectivity index (χ2n) is 3.92. The quantitative estimate of drug-likeness (QED) is 0.660. The minimum atomic E-state index is 0.800. The van der Waals surface area contributed by atoms with Gasteiger partial charge in [-0.3, -0.25) is 0 Å². The van der Waals surface area contributed by atoms with Crippen molar-refractivity contribution in [3.63, 3.8) is 0 Å². The van der Waals surface area contributed by atoms with Gasteiger partial charge in [-0.1, -0.05) is 31.2 Å². The summed E-state index contributed by atoms with van der Waals surface area (Å²) in [5.41, 5.74) is 2.70. The molecule has 0 aliphatic carbocycles. The number of rotatable bonds is 5. The number of hydrogen-bond acceptors (Lipinski definition) is 4. The average molecular weight is 259 g/mol. The predicted octanol–water partition coefficient (Wildman–Crippen LogP) is 3.37. The van der Waals surface area contributed by atoms with E-state index < -0.39 is 0 Å². The molecule has 1 N–H and O–H groups in total. The van der Waals surface area contributed by atoms with Gasteiger partial charge in [0.2, 0.25) is 0 Å². The first kappa shape index (κ1) is 12.9. The zero-order valence-corrected chi connectivity index (χ0v) is 11.5. The van der Waals surface area contributed by atoms with Gasteiger partial charge >= 0.3 is 0 Å². The lowest BCUT2D eigenvalue weighted by Crippen LogP contribution is -2.04. The van der Waals surface area contributed by atoms with Gasteiger partial charge in [-0.2, -0.15) is 0 Å². The van der Waals surface area contributed by atoms with E-state index in [-0.39, 0.29) is 0 Å². The van der Waals surface area contributed by atoms with Crippen LogP contribution in [0.2, 0.25) is 0 Å². The topological polar surface area (TPSA) is 37.8 Å². The molecule has 94 valence electrons. The van der Waals surface area contributed by atoms with Crippen LogP contribution in [0.5, 0.6) is 0 Å². The first-order valence-electron chi connectivity index (χ1n) is 6.00. The Morgan fingerprint density at radius 3 is 2.67 bits per heavy atom. The highest BCUT2D eigenvalue weighted by atomic mass is 32.2. The molecule has 2 rings (SSSR count). The van der Waals surface area contributed by atoms with Crippen LogP contribution in [0.4, 0.5) is 5.82 Å². The highest BCUT2D eigenvalue weighted by Gasteiger charge is 2.01. The van der Waals surface area contributed by atoms with Crippen molar-refractivity contribution in [2.75, 3.05) is 11.6 Å². The molecule has 0 amide bonds. The van der Waals surface area contributed by atoms with Crippen molar-refractivity contribution in [2.45, 2.75) is 24.9 Å². The first-order valence-corrected chi connectivity index (χ1v) is 7.22. The second-order valence-corrected chi connectivity index (χ2v) is 4.75. The maximum atomic E-state index is 4.22. The van der Waals surface area contributed by atoms with Crippen LogP contribution in [0.1, 0.15) is 18.1 Å². The summed E-state index contributed by atoms with van der Waals surface area (Å²) in [4.78, 5) is 8.38. The molecule has 0 unspecified atom stereocenters. The van der Waals surface area contributed by atoms with Gasteiger partial charge in [0.1, 0.15) is 17.2 Å². The summed E-state index contributed by atoms with van der Waals surface area (Å²) in [6.07, 6.45) is 4.66. The molecule has 0 atom stereocenters. The highest BCUT2D eigenvalue weighted by Crippen LogP contribution is 2.15. The Morgan fingerprint density at radius 2 is 1.94 bits per heavy atom. The molecule has 3 nitrogen and oxygen atoms in total. The average Bonchev–Trinajstić information content (AvgIpc) is 2.45. The summed E-state index contributed by atoms with van der Waals surface area (Å²) >= 11 is 1.62. The fourth-order valence-corrected chi connectivity index (χ4v) is 2.19. The number of aryl methyl sites for hydroxylation is 1. The van der Waals surface area contributed by atoms with Gasteiger partial charge in [0.15, 0.2) is 0 Å². The van der Waals surface area contributed by atoms with E-state index in [0.29, 0.717) is 0 Å². The molecule has 0 aliphatic heterocycles. The Bertz CT molecular complexity index is 514. The lowest BCUT2D eigenvalue weighted by Gasteiger charge is -2.09. The summed E-state index contributed by atoms with van der Waals surface area (Å²) in [6, 6.07) is 10.5. The van der Waals surface area contributed by atoms with Gasteiger partial charge in [0.25, 0.3) is 0 Å². The van der Waals surface area contributed by atoms with Crippen LogP contribution in [0.3, 0.4) is 0 Å². The molecule has 0 radical (unpaired) electrons. The summed E-state index contributed by atoms with van der Waals surface area (Å²) in [5, 5.41) is 4.33. The fourth-order valence-electron chi connectivity index (χ4n) is 1.81. The zero-order chi connectivity index (χ0) is 12.8. The molecule has 18 heavy (non-hydrogen) atoms. The lowest BCUT2D eigenvalue weighted by atomic mass is 10.1. The Labute approximate surface area is 112 Å². The molecule has 1 aromatic heterocycles. The zero-order valence-electron chi connectivity index (χ0n) is 10.7. The van der Waals surface area contributed by atoms with Crippen LogP contribution in [0.15, 0.2) is 41.7 Å². The van der Waals surface area contributed by atoms with E-state index in [9.17, 15) is 0 Å². The SMILES string of the molecule is CCc1ccccc1CNc1cc(SC)ncn1. The summed E-state index contributed by atoms with van der Waals surface area (Å²) in [5.74, 6) is 0.875. The smallest absolute Gasteiger partial charge is 0.130 e. The molecule has 0 saturated carbocycles. The third-order valence-electron chi connectivity index (χ3n) is 2.81. The van der Waals surface area contributed by atoms with Gasteiger partial charge in [-0.25, -0.2) is 9.97 Å². The number of hydrogen-bond donors (Lipinski definition) is 1. The number of thioether (sulfide) groups is 1. The van der Waals surface area contributed by atoms with Crippen molar-refractivity contribution < 1.29 is 0 Å². The van der Waals surface area contributed by atoms with Gasteiger partial charge in [0.05, 0.1) is 0 Å². The van der Waals surface area contributed by atoms with Gasteiger partial charge in [0, 0.05) is 12.6 Å². The van der Waals surface area contributed by atoms with E-state index in [2.05, 4.69) is 46.5 Å². The van der Waals surface area contributed by atoms with Crippen molar-refractivity contribution >= 4 is 17.6 Å². The van der Waals surface area contributed by atoms with E-state index in [4.69, 9.17) is 0 Å². The minimum absolute atomic E-state index is 0.800. The van der Waals surface area contributed by atoms with Crippen LogP contribution in [-0.2, 0) is 13.0 Å². The first-order chi connectivity index (χ1) is 8.83. The molecule has 0 saturated heterocycles. The number of benzene rings is 1.